The van der Waals surface area contributed by atoms with E-state index in [2.05, 4.69) is 32.2 Å². The second-order valence-corrected chi connectivity index (χ2v) is 6.34. The van der Waals surface area contributed by atoms with Gasteiger partial charge in [-0.1, -0.05) is 32.9 Å². The van der Waals surface area contributed by atoms with E-state index in [0.29, 0.717) is 6.42 Å². The molecule has 3 N–H and O–H groups in total. The molecule has 1 amide bonds. The quantitative estimate of drug-likeness (QED) is 0.842. The zero-order valence-corrected chi connectivity index (χ0v) is 11.4. The standard InChI is InChI=1S/C15H22N2O/c1-15(2,3)9-12(16)10-4-6-13-11(8-10)5-7-14(18)17-13/h4,6,8,12H,5,7,9,16H2,1-3H3,(H,17,18). The molecule has 1 aromatic rings. The molecular weight excluding hydrogens is 224 g/mol. The van der Waals surface area contributed by atoms with Gasteiger partial charge in [-0.25, -0.2) is 0 Å². The maximum absolute atomic E-state index is 11.3. The van der Waals surface area contributed by atoms with Gasteiger partial charge < -0.3 is 11.1 Å². The van der Waals surface area contributed by atoms with Crippen molar-refractivity contribution in [2.24, 2.45) is 11.1 Å². The first-order valence-electron chi connectivity index (χ1n) is 6.53. The lowest BCUT2D eigenvalue weighted by Gasteiger charge is -2.25. The summed E-state index contributed by atoms with van der Waals surface area (Å²) in [5, 5.41) is 2.89. The van der Waals surface area contributed by atoms with Crippen molar-refractivity contribution in [3.8, 4) is 0 Å². The molecular formula is C15H22N2O. The van der Waals surface area contributed by atoms with E-state index in [-0.39, 0.29) is 17.4 Å². The smallest absolute Gasteiger partial charge is 0.224 e. The summed E-state index contributed by atoms with van der Waals surface area (Å²) in [6.45, 7) is 6.60. The van der Waals surface area contributed by atoms with E-state index in [1.807, 2.05) is 12.1 Å². The molecule has 0 saturated carbocycles. The third-order valence-electron chi connectivity index (χ3n) is 3.29. The Morgan fingerprint density at radius 3 is 2.72 bits per heavy atom. The first-order chi connectivity index (χ1) is 8.35. The van der Waals surface area contributed by atoms with Crippen molar-refractivity contribution in [1.29, 1.82) is 0 Å². The van der Waals surface area contributed by atoms with Gasteiger partial charge in [0.25, 0.3) is 0 Å². The van der Waals surface area contributed by atoms with Crippen LogP contribution in [0.25, 0.3) is 0 Å². The number of carbonyl (C=O) groups is 1. The van der Waals surface area contributed by atoms with Crippen LogP contribution in [0.15, 0.2) is 18.2 Å². The molecule has 1 heterocycles. The summed E-state index contributed by atoms with van der Waals surface area (Å²) in [5.74, 6) is 0.106. The highest BCUT2D eigenvalue weighted by molar-refractivity contribution is 5.93. The summed E-state index contributed by atoms with van der Waals surface area (Å²) in [6.07, 6.45) is 2.35. The first kappa shape index (κ1) is 13.1. The lowest BCUT2D eigenvalue weighted by molar-refractivity contribution is -0.116. The Morgan fingerprint density at radius 2 is 2.06 bits per heavy atom. The normalized spacial score (nSPS) is 17.0. The van der Waals surface area contributed by atoms with Crippen LogP contribution in [0.2, 0.25) is 0 Å². The van der Waals surface area contributed by atoms with Crippen LogP contribution in [0.4, 0.5) is 5.69 Å². The zero-order chi connectivity index (χ0) is 13.3. The van der Waals surface area contributed by atoms with Crippen LogP contribution >= 0.6 is 0 Å². The molecule has 1 unspecified atom stereocenters. The maximum atomic E-state index is 11.3. The molecule has 2 rings (SSSR count). The Morgan fingerprint density at radius 1 is 1.33 bits per heavy atom. The fraction of sp³-hybridized carbons (Fsp3) is 0.533. The third-order valence-corrected chi connectivity index (χ3v) is 3.29. The van der Waals surface area contributed by atoms with E-state index in [1.54, 1.807) is 0 Å². The molecule has 0 spiro atoms. The lowest BCUT2D eigenvalue weighted by atomic mass is 9.85. The summed E-state index contributed by atoms with van der Waals surface area (Å²) in [4.78, 5) is 11.3. The van der Waals surface area contributed by atoms with Gasteiger partial charge in [0.05, 0.1) is 0 Å². The molecule has 18 heavy (non-hydrogen) atoms. The van der Waals surface area contributed by atoms with Gasteiger partial charge in [0.1, 0.15) is 0 Å². The highest BCUT2D eigenvalue weighted by Crippen LogP contribution is 2.31. The Hall–Kier alpha value is -1.35. The molecule has 1 aliphatic rings. The van der Waals surface area contributed by atoms with Crippen molar-refractivity contribution >= 4 is 11.6 Å². The third kappa shape index (κ3) is 3.10. The largest absolute Gasteiger partial charge is 0.326 e. The number of hydrogen-bond donors (Lipinski definition) is 2. The molecule has 0 saturated heterocycles. The fourth-order valence-electron chi connectivity index (χ4n) is 2.41. The number of nitrogens with two attached hydrogens (primary N) is 1. The van der Waals surface area contributed by atoms with E-state index < -0.39 is 0 Å². The number of fused-ring (bicyclic) bond motifs is 1. The highest BCUT2D eigenvalue weighted by atomic mass is 16.1. The summed E-state index contributed by atoms with van der Waals surface area (Å²) >= 11 is 0. The van der Waals surface area contributed by atoms with Crippen molar-refractivity contribution in [2.75, 3.05) is 5.32 Å². The number of hydrogen-bond acceptors (Lipinski definition) is 2. The lowest BCUT2D eigenvalue weighted by Crippen LogP contribution is -2.21. The van der Waals surface area contributed by atoms with Crippen molar-refractivity contribution < 1.29 is 4.79 Å². The van der Waals surface area contributed by atoms with E-state index >= 15 is 0 Å². The predicted octanol–water partition coefficient (Wildman–Crippen LogP) is 3.01. The molecule has 1 aliphatic heterocycles. The number of carbonyl (C=O) groups excluding carboxylic acids is 1. The molecule has 3 heteroatoms. The second-order valence-electron chi connectivity index (χ2n) is 6.34. The van der Waals surface area contributed by atoms with Crippen LogP contribution in [0.5, 0.6) is 0 Å². The topological polar surface area (TPSA) is 55.1 Å². The van der Waals surface area contributed by atoms with Gasteiger partial charge in [-0.2, -0.15) is 0 Å². The van der Waals surface area contributed by atoms with Gasteiger partial charge >= 0.3 is 0 Å². The van der Waals surface area contributed by atoms with E-state index in [4.69, 9.17) is 5.73 Å². The molecule has 0 bridgehead atoms. The Kier molecular flexibility index (Phi) is 3.44. The number of nitrogens with one attached hydrogen (secondary N) is 1. The van der Waals surface area contributed by atoms with Crippen molar-refractivity contribution in [1.82, 2.24) is 0 Å². The number of benzene rings is 1. The van der Waals surface area contributed by atoms with Crippen LogP contribution < -0.4 is 11.1 Å². The molecule has 0 radical (unpaired) electrons. The molecule has 0 aliphatic carbocycles. The Balaban J connectivity index is 2.18. The zero-order valence-electron chi connectivity index (χ0n) is 11.4. The van der Waals surface area contributed by atoms with Crippen molar-refractivity contribution in [3.63, 3.8) is 0 Å². The average molecular weight is 246 g/mol. The van der Waals surface area contributed by atoms with Gasteiger partial charge in [0, 0.05) is 18.2 Å². The minimum absolute atomic E-state index is 0.0629. The van der Waals surface area contributed by atoms with Crippen LogP contribution in [-0.2, 0) is 11.2 Å². The molecule has 1 atom stereocenters. The van der Waals surface area contributed by atoms with E-state index in [0.717, 1.165) is 18.5 Å². The van der Waals surface area contributed by atoms with Crippen LogP contribution in [0, 0.1) is 5.41 Å². The van der Waals surface area contributed by atoms with Gasteiger partial charge in [-0.05, 0) is 35.4 Å². The minimum atomic E-state index is 0.0629. The number of amides is 1. The predicted molar refractivity (Wildman–Crippen MR) is 74.4 cm³/mol. The van der Waals surface area contributed by atoms with Crippen LogP contribution in [0.1, 0.15) is 50.8 Å². The molecule has 0 fully saturated rings. The summed E-state index contributed by atoms with van der Waals surface area (Å²) in [7, 11) is 0. The van der Waals surface area contributed by atoms with Gasteiger partial charge in [-0.15, -0.1) is 0 Å². The average Bonchev–Trinajstić information content (AvgIpc) is 2.26. The molecule has 0 aromatic heterocycles. The monoisotopic (exact) mass is 246 g/mol. The van der Waals surface area contributed by atoms with Gasteiger partial charge in [-0.3, -0.25) is 4.79 Å². The summed E-state index contributed by atoms with van der Waals surface area (Å²) in [6, 6.07) is 6.21. The van der Waals surface area contributed by atoms with Crippen molar-refractivity contribution in [2.45, 2.75) is 46.1 Å². The number of rotatable bonds is 2. The maximum Gasteiger partial charge on any atom is 0.224 e. The highest BCUT2D eigenvalue weighted by Gasteiger charge is 2.19. The van der Waals surface area contributed by atoms with E-state index in [9.17, 15) is 4.79 Å². The SMILES string of the molecule is CC(C)(C)CC(N)c1ccc2c(c1)CCC(=O)N2. The van der Waals surface area contributed by atoms with Crippen molar-refractivity contribution in [3.05, 3.63) is 29.3 Å². The van der Waals surface area contributed by atoms with Gasteiger partial charge in [0.15, 0.2) is 0 Å². The second kappa shape index (κ2) is 4.73. The number of aryl methyl sites for hydroxylation is 1. The summed E-state index contributed by atoms with van der Waals surface area (Å²) < 4.78 is 0. The fourth-order valence-corrected chi connectivity index (χ4v) is 2.41. The molecule has 3 nitrogen and oxygen atoms in total. The molecule has 1 aromatic carbocycles. The van der Waals surface area contributed by atoms with Crippen LogP contribution in [0.3, 0.4) is 0 Å². The van der Waals surface area contributed by atoms with Crippen LogP contribution in [-0.4, -0.2) is 5.91 Å². The van der Waals surface area contributed by atoms with Gasteiger partial charge in [0.2, 0.25) is 5.91 Å². The summed E-state index contributed by atoms with van der Waals surface area (Å²) in [5.41, 5.74) is 9.79. The first-order valence-corrected chi connectivity index (χ1v) is 6.53. The molecule has 98 valence electrons. The Bertz CT molecular complexity index is 460. The Labute approximate surface area is 109 Å². The van der Waals surface area contributed by atoms with E-state index in [1.165, 1.54) is 11.1 Å². The number of anilines is 1. The minimum Gasteiger partial charge on any atom is -0.326 e.